The molecule has 1 aromatic rings. The second kappa shape index (κ2) is 11.5. The number of rotatable bonds is 11. The Balaban J connectivity index is 2.63. The molecule has 0 aliphatic heterocycles. The molecule has 0 fully saturated rings. The summed E-state index contributed by atoms with van der Waals surface area (Å²) in [5, 5.41) is 67.0. The van der Waals surface area contributed by atoms with Crippen molar-refractivity contribution in [3.63, 3.8) is 0 Å². The molecule has 8 N–H and O–H groups in total. The SMILES string of the molecule is O=C[C@H](O)[C@@H](O)COc1ccc(C(=O)NC(=O)[C@H](O)[C@@H](O)[C@H](O)[C@H](O)CO)cc1. The highest BCUT2D eigenvalue weighted by atomic mass is 16.5. The summed E-state index contributed by atoms with van der Waals surface area (Å²) in [6, 6.07) is 5.05. The number of aliphatic hydroxyl groups is 7. The normalized spacial score (nSPS) is 17.3. The summed E-state index contributed by atoms with van der Waals surface area (Å²) in [6.07, 6.45) is -11.2. The fourth-order valence-electron chi connectivity index (χ4n) is 2.01. The first-order valence-electron chi connectivity index (χ1n) is 8.35. The molecule has 0 bridgehead atoms. The van der Waals surface area contributed by atoms with Crippen molar-refractivity contribution in [1.29, 1.82) is 0 Å². The molecule has 12 heteroatoms. The predicted octanol–water partition coefficient (Wildman–Crippen LogP) is -4.32. The summed E-state index contributed by atoms with van der Waals surface area (Å²) in [5.74, 6) is -2.12. The van der Waals surface area contributed by atoms with E-state index in [0.29, 0.717) is 0 Å². The van der Waals surface area contributed by atoms with Gasteiger partial charge in [-0.25, -0.2) is 0 Å². The van der Waals surface area contributed by atoms with Gasteiger partial charge in [-0.3, -0.25) is 14.9 Å². The average molecular weight is 417 g/mol. The Hall–Kier alpha value is -2.45. The van der Waals surface area contributed by atoms with E-state index >= 15 is 0 Å². The van der Waals surface area contributed by atoms with E-state index in [1.807, 2.05) is 0 Å². The van der Waals surface area contributed by atoms with E-state index in [2.05, 4.69) is 0 Å². The van der Waals surface area contributed by atoms with E-state index in [1.165, 1.54) is 24.3 Å². The van der Waals surface area contributed by atoms with Gasteiger partial charge in [-0.15, -0.1) is 0 Å². The van der Waals surface area contributed by atoms with Crippen LogP contribution in [0.25, 0.3) is 0 Å². The highest BCUT2D eigenvalue weighted by Gasteiger charge is 2.34. The lowest BCUT2D eigenvalue weighted by atomic mass is 10.0. The van der Waals surface area contributed by atoms with Gasteiger partial charge in [0.2, 0.25) is 0 Å². The number of carbonyl (C=O) groups is 3. The molecule has 0 heterocycles. The van der Waals surface area contributed by atoms with Crippen LogP contribution in [0.15, 0.2) is 24.3 Å². The van der Waals surface area contributed by atoms with Crippen LogP contribution in [0.4, 0.5) is 0 Å². The third-order valence-electron chi connectivity index (χ3n) is 3.83. The van der Waals surface area contributed by atoms with E-state index in [1.54, 1.807) is 5.32 Å². The van der Waals surface area contributed by atoms with Crippen molar-refractivity contribution in [2.24, 2.45) is 0 Å². The fraction of sp³-hybridized carbons (Fsp3) is 0.471. The molecule has 29 heavy (non-hydrogen) atoms. The molecule has 1 aromatic carbocycles. The molecule has 0 saturated heterocycles. The maximum atomic E-state index is 12.0. The third-order valence-corrected chi connectivity index (χ3v) is 3.83. The number of benzene rings is 1. The minimum absolute atomic E-state index is 0.0446. The molecular weight excluding hydrogens is 394 g/mol. The first-order valence-corrected chi connectivity index (χ1v) is 8.35. The number of aldehydes is 1. The number of hydrogen-bond acceptors (Lipinski definition) is 11. The van der Waals surface area contributed by atoms with Crippen LogP contribution in [0.5, 0.6) is 5.75 Å². The van der Waals surface area contributed by atoms with E-state index in [-0.39, 0.29) is 17.6 Å². The standard InChI is InChI=1S/C17H23NO11/c19-5-10(21)12(23)7-29-9-3-1-8(2-4-9)16(27)18-17(28)15(26)14(25)13(24)11(22)6-20/h1-5,10-15,20-26H,6-7H2,(H,18,27,28)/t10-,11+,12-,13+,14-,15+/m0/s1. The zero-order valence-electron chi connectivity index (χ0n) is 15.0. The Labute approximate surface area is 164 Å². The number of amides is 2. The van der Waals surface area contributed by atoms with Crippen molar-refractivity contribution >= 4 is 18.1 Å². The molecule has 6 atom stereocenters. The van der Waals surface area contributed by atoms with E-state index in [0.717, 1.165) is 0 Å². The van der Waals surface area contributed by atoms with Crippen molar-refractivity contribution < 1.29 is 54.9 Å². The summed E-state index contributed by atoms with van der Waals surface area (Å²) >= 11 is 0. The van der Waals surface area contributed by atoms with Crippen LogP contribution in [0, 0.1) is 0 Å². The first kappa shape index (κ1) is 24.6. The van der Waals surface area contributed by atoms with Gasteiger partial charge in [0.25, 0.3) is 11.8 Å². The van der Waals surface area contributed by atoms with Gasteiger partial charge in [-0.05, 0) is 24.3 Å². The molecule has 162 valence electrons. The van der Waals surface area contributed by atoms with Gasteiger partial charge in [0.15, 0.2) is 12.4 Å². The molecule has 0 saturated carbocycles. The van der Waals surface area contributed by atoms with Gasteiger partial charge in [-0.2, -0.15) is 0 Å². The molecule has 0 aliphatic carbocycles. The lowest BCUT2D eigenvalue weighted by molar-refractivity contribution is -0.148. The third kappa shape index (κ3) is 7.14. The zero-order chi connectivity index (χ0) is 22.1. The van der Waals surface area contributed by atoms with Crippen LogP contribution in [0.1, 0.15) is 10.4 Å². The zero-order valence-corrected chi connectivity index (χ0v) is 15.0. The largest absolute Gasteiger partial charge is 0.491 e. The second-order valence-corrected chi connectivity index (χ2v) is 6.02. The minimum Gasteiger partial charge on any atom is -0.491 e. The van der Waals surface area contributed by atoms with Gasteiger partial charge in [-0.1, -0.05) is 0 Å². The summed E-state index contributed by atoms with van der Waals surface area (Å²) in [5.41, 5.74) is -0.0446. The Bertz CT molecular complexity index is 680. The number of nitrogens with one attached hydrogen (secondary N) is 1. The highest BCUT2D eigenvalue weighted by Crippen LogP contribution is 2.13. The Kier molecular flexibility index (Phi) is 9.77. The van der Waals surface area contributed by atoms with Crippen molar-refractivity contribution in [3.05, 3.63) is 29.8 Å². The van der Waals surface area contributed by atoms with E-state index < -0.39 is 61.7 Å². The Morgan fingerprint density at radius 1 is 0.966 bits per heavy atom. The van der Waals surface area contributed by atoms with Gasteiger partial charge in [0.05, 0.1) is 6.61 Å². The van der Waals surface area contributed by atoms with E-state index in [9.17, 15) is 39.9 Å². The van der Waals surface area contributed by atoms with Gasteiger partial charge in [0.1, 0.15) is 42.9 Å². The smallest absolute Gasteiger partial charge is 0.258 e. The summed E-state index contributed by atoms with van der Waals surface area (Å²) in [6.45, 7) is -1.32. The van der Waals surface area contributed by atoms with Gasteiger partial charge in [0, 0.05) is 5.56 Å². The summed E-state index contributed by atoms with van der Waals surface area (Å²) in [4.78, 5) is 34.2. The second-order valence-electron chi connectivity index (χ2n) is 6.02. The highest BCUT2D eigenvalue weighted by molar-refractivity contribution is 6.06. The Morgan fingerprint density at radius 2 is 1.55 bits per heavy atom. The maximum Gasteiger partial charge on any atom is 0.258 e. The quantitative estimate of drug-likeness (QED) is 0.161. The monoisotopic (exact) mass is 417 g/mol. The summed E-state index contributed by atoms with van der Waals surface area (Å²) in [7, 11) is 0. The van der Waals surface area contributed by atoms with Crippen LogP contribution >= 0.6 is 0 Å². The van der Waals surface area contributed by atoms with Crippen molar-refractivity contribution in [1.82, 2.24) is 5.32 Å². The number of aliphatic hydroxyl groups excluding tert-OH is 7. The molecule has 0 unspecified atom stereocenters. The molecule has 1 rings (SSSR count). The van der Waals surface area contributed by atoms with Gasteiger partial charge >= 0.3 is 0 Å². The molecule has 0 aromatic heterocycles. The molecule has 2 amide bonds. The van der Waals surface area contributed by atoms with Crippen LogP contribution in [0.2, 0.25) is 0 Å². The summed E-state index contributed by atoms with van der Waals surface area (Å²) < 4.78 is 5.12. The number of carbonyl (C=O) groups excluding carboxylic acids is 3. The number of hydrogen-bond donors (Lipinski definition) is 8. The van der Waals surface area contributed by atoms with Crippen molar-refractivity contribution in [2.75, 3.05) is 13.2 Å². The molecular formula is C17H23NO11. The van der Waals surface area contributed by atoms with Crippen molar-refractivity contribution in [3.8, 4) is 5.75 Å². The first-order chi connectivity index (χ1) is 13.6. The van der Waals surface area contributed by atoms with Crippen LogP contribution in [0.3, 0.4) is 0 Å². The predicted molar refractivity (Wildman–Crippen MR) is 93.6 cm³/mol. The lowest BCUT2D eigenvalue weighted by Crippen LogP contribution is -2.52. The van der Waals surface area contributed by atoms with Gasteiger partial charge < -0.3 is 45.3 Å². The van der Waals surface area contributed by atoms with Crippen LogP contribution in [-0.4, -0.2) is 104 Å². The van der Waals surface area contributed by atoms with Crippen LogP contribution in [-0.2, 0) is 9.59 Å². The molecule has 0 radical (unpaired) electrons. The molecule has 0 spiro atoms. The lowest BCUT2D eigenvalue weighted by Gasteiger charge is -2.24. The molecule has 12 nitrogen and oxygen atoms in total. The topological polar surface area (TPSA) is 214 Å². The number of imide groups is 1. The number of ether oxygens (including phenoxy) is 1. The average Bonchev–Trinajstić information content (AvgIpc) is 2.74. The van der Waals surface area contributed by atoms with E-state index in [4.69, 9.17) is 14.9 Å². The van der Waals surface area contributed by atoms with Crippen LogP contribution < -0.4 is 10.1 Å². The van der Waals surface area contributed by atoms with Crippen molar-refractivity contribution in [2.45, 2.75) is 36.6 Å². The Morgan fingerprint density at radius 3 is 2.07 bits per heavy atom. The minimum atomic E-state index is -2.26. The maximum absolute atomic E-state index is 12.0. The molecule has 0 aliphatic rings. The fourth-order valence-corrected chi connectivity index (χ4v) is 2.01.